The van der Waals surface area contributed by atoms with Gasteiger partial charge >= 0.3 is 0 Å². The van der Waals surface area contributed by atoms with Crippen molar-refractivity contribution in [1.82, 2.24) is 0 Å². The van der Waals surface area contributed by atoms with Crippen LogP contribution in [-0.4, -0.2) is 28.5 Å². The molecule has 0 radical (unpaired) electrons. The van der Waals surface area contributed by atoms with E-state index in [9.17, 15) is 13.2 Å². The van der Waals surface area contributed by atoms with Crippen LogP contribution in [0.4, 0.5) is 5.69 Å². The predicted octanol–water partition coefficient (Wildman–Crippen LogP) is 1.15. The molecule has 18 heavy (non-hydrogen) atoms. The third-order valence-electron chi connectivity index (χ3n) is 2.12. The molecule has 0 aliphatic carbocycles. The fraction of sp³-hybridized carbons (Fsp3) is 0.182. The molecule has 0 saturated carbocycles. The monoisotopic (exact) mass is 271 g/mol. The van der Waals surface area contributed by atoms with Crippen LogP contribution < -0.4 is 10.1 Å². The zero-order valence-corrected chi connectivity index (χ0v) is 10.8. The molecule has 6 nitrogen and oxygen atoms in total. The second kappa shape index (κ2) is 5.65. The zero-order valence-electron chi connectivity index (χ0n) is 9.97. The van der Waals surface area contributed by atoms with Crippen LogP contribution >= 0.6 is 0 Å². The smallest absolute Gasteiger partial charge is 0.298 e. The molecule has 0 aromatic heterocycles. The fourth-order valence-electron chi connectivity index (χ4n) is 1.21. The molecule has 98 valence electrons. The van der Waals surface area contributed by atoms with Gasteiger partial charge in [0, 0.05) is 6.07 Å². The Labute approximate surface area is 105 Å². The topological polar surface area (TPSA) is 81.7 Å². The van der Waals surface area contributed by atoms with Gasteiger partial charge in [0.05, 0.1) is 19.9 Å². The highest BCUT2D eigenvalue weighted by atomic mass is 32.2. The van der Waals surface area contributed by atoms with Gasteiger partial charge in [-0.1, -0.05) is 6.58 Å². The molecule has 0 saturated heterocycles. The Kier molecular flexibility index (Phi) is 4.46. The van der Waals surface area contributed by atoms with Gasteiger partial charge in [0.15, 0.2) is 0 Å². The van der Waals surface area contributed by atoms with Gasteiger partial charge in [-0.05, 0) is 18.2 Å². The third kappa shape index (κ3) is 3.08. The molecule has 0 spiro atoms. The summed E-state index contributed by atoms with van der Waals surface area (Å²) in [6, 6.07) is 4.19. The molecular formula is C11H13NO5S. The summed E-state index contributed by atoms with van der Waals surface area (Å²) >= 11 is 0. The number of benzene rings is 1. The van der Waals surface area contributed by atoms with E-state index in [4.69, 9.17) is 4.74 Å². The van der Waals surface area contributed by atoms with Crippen LogP contribution in [0.2, 0.25) is 0 Å². The van der Waals surface area contributed by atoms with Gasteiger partial charge in [0.1, 0.15) is 10.6 Å². The third-order valence-corrected chi connectivity index (χ3v) is 3.44. The van der Waals surface area contributed by atoms with Crippen molar-refractivity contribution in [2.75, 3.05) is 19.5 Å². The molecule has 0 heterocycles. The highest BCUT2D eigenvalue weighted by Gasteiger charge is 2.20. The normalized spacial score (nSPS) is 10.8. The summed E-state index contributed by atoms with van der Waals surface area (Å²) in [6.07, 6.45) is 1.04. The van der Waals surface area contributed by atoms with Crippen LogP contribution in [0.25, 0.3) is 0 Å². The maximum Gasteiger partial charge on any atom is 0.298 e. The van der Waals surface area contributed by atoms with Crippen LogP contribution in [0.5, 0.6) is 5.75 Å². The summed E-state index contributed by atoms with van der Waals surface area (Å²) in [4.78, 5) is 11.0. The molecule has 0 atom stereocenters. The Morgan fingerprint density at radius 1 is 1.39 bits per heavy atom. The van der Waals surface area contributed by atoms with Crippen molar-refractivity contribution < 1.29 is 22.1 Å². The van der Waals surface area contributed by atoms with Crippen molar-refractivity contribution >= 4 is 21.7 Å². The standard InChI is InChI=1S/C11H13NO5S/c1-4-11(13)12-9-6-5-8(16-2)7-10(9)18(14,15)17-3/h4-7H,1H2,2-3H3,(H,12,13). The molecule has 1 aromatic carbocycles. The maximum atomic E-state index is 11.7. The van der Waals surface area contributed by atoms with E-state index in [0.717, 1.165) is 13.2 Å². The van der Waals surface area contributed by atoms with Gasteiger partial charge in [0.2, 0.25) is 5.91 Å². The zero-order chi connectivity index (χ0) is 13.8. The average Bonchev–Trinajstić information content (AvgIpc) is 2.38. The number of hydrogen-bond acceptors (Lipinski definition) is 5. The summed E-state index contributed by atoms with van der Waals surface area (Å²) in [5.74, 6) is -0.185. The summed E-state index contributed by atoms with van der Waals surface area (Å²) in [7, 11) is -1.51. The van der Waals surface area contributed by atoms with Crippen LogP contribution in [0.15, 0.2) is 35.7 Å². The number of anilines is 1. The summed E-state index contributed by atoms with van der Waals surface area (Å²) in [6.45, 7) is 3.29. The lowest BCUT2D eigenvalue weighted by Crippen LogP contribution is -2.13. The Hall–Kier alpha value is -1.86. The van der Waals surface area contributed by atoms with E-state index >= 15 is 0 Å². The van der Waals surface area contributed by atoms with Crippen molar-refractivity contribution in [1.29, 1.82) is 0 Å². The number of ether oxygens (including phenoxy) is 1. The fourth-order valence-corrected chi connectivity index (χ4v) is 2.04. The van der Waals surface area contributed by atoms with Gasteiger partial charge in [-0.25, -0.2) is 0 Å². The first-order chi connectivity index (χ1) is 8.44. The van der Waals surface area contributed by atoms with Crippen molar-refractivity contribution in [2.45, 2.75) is 4.90 Å². The highest BCUT2D eigenvalue weighted by molar-refractivity contribution is 7.87. The molecule has 1 rings (SSSR count). The van der Waals surface area contributed by atoms with E-state index in [-0.39, 0.29) is 10.6 Å². The molecule has 0 fully saturated rings. The number of carbonyl (C=O) groups excluding carboxylic acids is 1. The predicted molar refractivity (Wildman–Crippen MR) is 66.0 cm³/mol. The van der Waals surface area contributed by atoms with Crippen molar-refractivity contribution in [2.24, 2.45) is 0 Å². The molecule has 1 amide bonds. The lowest BCUT2D eigenvalue weighted by atomic mass is 10.3. The number of carbonyl (C=O) groups is 1. The Balaban J connectivity index is 3.34. The number of nitrogens with one attached hydrogen (secondary N) is 1. The summed E-state index contributed by atoms with van der Waals surface area (Å²) in [5, 5.41) is 2.38. The molecule has 1 aromatic rings. The molecule has 1 N–H and O–H groups in total. The largest absolute Gasteiger partial charge is 0.497 e. The van der Waals surface area contributed by atoms with Gasteiger partial charge < -0.3 is 10.1 Å². The Morgan fingerprint density at radius 2 is 2.06 bits per heavy atom. The highest BCUT2D eigenvalue weighted by Crippen LogP contribution is 2.27. The second-order valence-electron chi connectivity index (χ2n) is 3.18. The maximum absolute atomic E-state index is 11.7. The lowest BCUT2D eigenvalue weighted by Gasteiger charge is -2.11. The average molecular weight is 271 g/mol. The SMILES string of the molecule is C=CC(=O)Nc1ccc(OC)cc1S(=O)(=O)OC. The minimum Gasteiger partial charge on any atom is -0.497 e. The Bertz CT molecular complexity index is 565. The lowest BCUT2D eigenvalue weighted by molar-refractivity contribution is -0.111. The van der Waals surface area contributed by atoms with E-state index in [2.05, 4.69) is 16.1 Å². The first-order valence-electron chi connectivity index (χ1n) is 4.86. The van der Waals surface area contributed by atoms with Crippen molar-refractivity contribution in [3.63, 3.8) is 0 Å². The summed E-state index contributed by atoms with van der Waals surface area (Å²) < 4.78 is 32.8. The van der Waals surface area contributed by atoms with Crippen LogP contribution in [0.1, 0.15) is 0 Å². The second-order valence-corrected chi connectivity index (χ2v) is 4.86. The number of methoxy groups -OCH3 is 1. The quantitative estimate of drug-likeness (QED) is 0.642. The van der Waals surface area contributed by atoms with Gasteiger partial charge in [-0.15, -0.1) is 0 Å². The minimum atomic E-state index is -3.94. The van der Waals surface area contributed by atoms with Crippen LogP contribution in [0, 0.1) is 0 Å². The molecule has 7 heteroatoms. The molecule has 0 aliphatic rings. The molecule has 0 bridgehead atoms. The molecular weight excluding hydrogens is 258 g/mol. The van der Waals surface area contributed by atoms with E-state index in [1.165, 1.54) is 25.3 Å². The van der Waals surface area contributed by atoms with Gasteiger partial charge in [0.25, 0.3) is 10.1 Å². The van der Waals surface area contributed by atoms with Crippen LogP contribution in [0.3, 0.4) is 0 Å². The van der Waals surface area contributed by atoms with E-state index < -0.39 is 16.0 Å². The molecule has 0 aliphatic heterocycles. The first-order valence-corrected chi connectivity index (χ1v) is 6.27. The van der Waals surface area contributed by atoms with Crippen molar-refractivity contribution in [3.8, 4) is 5.75 Å². The minimum absolute atomic E-state index is 0.0996. The van der Waals surface area contributed by atoms with Crippen molar-refractivity contribution in [3.05, 3.63) is 30.9 Å². The molecule has 0 unspecified atom stereocenters. The number of rotatable bonds is 5. The number of hydrogen-bond donors (Lipinski definition) is 1. The van der Waals surface area contributed by atoms with E-state index in [1.807, 2.05) is 0 Å². The number of amides is 1. The van der Waals surface area contributed by atoms with E-state index in [1.54, 1.807) is 0 Å². The first kappa shape index (κ1) is 14.2. The van der Waals surface area contributed by atoms with Gasteiger partial charge in [-0.3, -0.25) is 8.98 Å². The van der Waals surface area contributed by atoms with Gasteiger partial charge in [-0.2, -0.15) is 8.42 Å². The van der Waals surface area contributed by atoms with Crippen LogP contribution in [-0.2, 0) is 19.1 Å². The van der Waals surface area contributed by atoms with E-state index in [0.29, 0.717) is 5.75 Å². The Morgan fingerprint density at radius 3 is 2.56 bits per heavy atom. The summed E-state index contributed by atoms with van der Waals surface area (Å²) in [5.41, 5.74) is 0.0996.